The molecule has 0 fully saturated rings. The van der Waals surface area contributed by atoms with Gasteiger partial charge in [0.2, 0.25) is 11.9 Å². The molecule has 1 aromatic heterocycles. The zero-order chi connectivity index (χ0) is 22.4. The fourth-order valence-corrected chi connectivity index (χ4v) is 3.44. The van der Waals surface area contributed by atoms with E-state index in [1.165, 1.54) is 11.9 Å². The minimum Gasteiger partial charge on any atom is -0.357 e. The van der Waals surface area contributed by atoms with Crippen molar-refractivity contribution in [3.63, 3.8) is 0 Å². The third-order valence-electron chi connectivity index (χ3n) is 5.02. The van der Waals surface area contributed by atoms with Gasteiger partial charge in [-0.3, -0.25) is 14.9 Å². The van der Waals surface area contributed by atoms with Gasteiger partial charge in [0.15, 0.2) is 0 Å². The van der Waals surface area contributed by atoms with Crippen LogP contribution in [0, 0.1) is 6.92 Å². The molecular weight excluding hydrogens is 400 g/mol. The molecule has 0 spiro atoms. The quantitative estimate of drug-likeness (QED) is 0.545. The molecule has 0 aliphatic carbocycles. The number of rotatable bonds is 8. The van der Waals surface area contributed by atoms with E-state index in [0.717, 1.165) is 23.0 Å². The summed E-state index contributed by atoms with van der Waals surface area (Å²) in [7, 11) is 1.50. The van der Waals surface area contributed by atoms with Crippen molar-refractivity contribution in [2.24, 2.45) is 0 Å². The Morgan fingerprint density at radius 2 is 2.00 bits per heavy atom. The van der Waals surface area contributed by atoms with Gasteiger partial charge in [0.1, 0.15) is 12.3 Å². The van der Waals surface area contributed by atoms with Gasteiger partial charge in [0, 0.05) is 44.5 Å². The zero-order valence-corrected chi connectivity index (χ0v) is 17.3. The monoisotopic (exact) mass is 424 g/mol. The second-order valence-corrected chi connectivity index (χ2v) is 7.14. The number of carbonyl (C=O) groups excluding carboxylic acids is 4. The number of nitrogens with one attached hydrogen (secondary N) is 3. The smallest absolute Gasteiger partial charge is 0.321 e. The summed E-state index contributed by atoms with van der Waals surface area (Å²) in [4.78, 5) is 57.7. The molecule has 1 unspecified atom stereocenters. The van der Waals surface area contributed by atoms with Gasteiger partial charge in [0.05, 0.1) is 0 Å². The maximum Gasteiger partial charge on any atom is 0.321 e. The Morgan fingerprint density at radius 1 is 1.26 bits per heavy atom. The summed E-state index contributed by atoms with van der Waals surface area (Å²) in [6.07, 6.45) is 4.35. The summed E-state index contributed by atoms with van der Waals surface area (Å²) in [6.45, 7) is 2.25. The van der Waals surface area contributed by atoms with Crippen molar-refractivity contribution in [2.75, 3.05) is 12.4 Å². The summed E-state index contributed by atoms with van der Waals surface area (Å²) in [5, 5.41) is 7.84. The third kappa shape index (κ3) is 5.03. The van der Waals surface area contributed by atoms with Gasteiger partial charge in [-0.05, 0) is 36.1 Å². The minimum absolute atomic E-state index is 0.174. The van der Waals surface area contributed by atoms with Crippen LogP contribution in [0.2, 0.25) is 0 Å². The number of aryl methyl sites for hydroxylation is 1. The van der Waals surface area contributed by atoms with Gasteiger partial charge < -0.3 is 20.3 Å². The molecule has 1 aliphatic heterocycles. The lowest BCUT2D eigenvalue weighted by atomic mass is 10.0. The number of anilines is 1. The number of carbonyl (C=O) groups is 4. The Bertz CT molecular complexity index is 992. The van der Waals surface area contributed by atoms with E-state index in [1.807, 2.05) is 13.0 Å². The Balaban J connectivity index is 1.70. The second-order valence-electron chi connectivity index (χ2n) is 7.14. The van der Waals surface area contributed by atoms with Gasteiger partial charge in [0.25, 0.3) is 5.91 Å². The van der Waals surface area contributed by atoms with Crippen molar-refractivity contribution in [3.8, 4) is 0 Å². The van der Waals surface area contributed by atoms with Crippen LogP contribution in [0.5, 0.6) is 0 Å². The summed E-state index contributed by atoms with van der Waals surface area (Å²) in [5.74, 6) is -0.402. The molecule has 3 rings (SSSR count). The van der Waals surface area contributed by atoms with Crippen LogP contribution in [-0.2, 0) is 22.7 Å². The lowest BCUT2D eigenvalue weighted by Gasteiger charge is -2.25. The van der Waals surface area contributed by atoms with Crippen molar-refractivity contribution < 1.29 is 19.2 Å². The molecule has 1 aromatic carbocycles. The molecule has 162 valence electrons. The van der Waals surface area contributed by atoms with Crippen molar-refractivity contribution >= 4 is 30.1 Å². The van der Waals surface area contributed by atoms with Crippen LogP contribution >= 0.6 is 0 Å². The predicted molar refractivity (Wildman–Crippen MR) is 112 cm³/mol. The van der Waals surface area contributed by atoms with Crippen LogP contribution in [-0.4, -0.2) is 52.1 Å². The number of aromatic nitrogens is 2. The van der Waals surface area contributed by atoms with Crippen molar-refractivity contribution in [2.45, 2.75) is 38.9 Å². The number of benzene rings is 1. The predicted octanol–water partition coefficient (Wildman–Crippen LogP) is 1.16. The summed E-state index contributed by atoms with van der Waals surface area (Å²) < 4.78 is 0. The van der Waals surface area contributed by atoms with Crippen LogP contribution in [0.4, 0.5) is 10.7 Å². The lowest BCUT2D eigenvalue weighted by Crippen LogP contribution is -2.46. The Labute approximate surface area is 179 Å². The van der Waals surface area contributed by atoms with Crippen LogP contribution in [0.3, 0.4) is 0 Å². The average Bonchev–Trinajstić information content (AvgIpc) is 3.11. The van der Waals surface area contributed by atoms with E-state index >= 15 is 0 Å². The highest BCUT2D eigenvalue weighted by atomic mass is 16.2. The van der Waals surface area contributed by atoms with Gasteiger partial charge in [-0.15, -0.1) is 0 Å². The largest absolute Gasteiger partial charge is 0.357 e. The zero-order valence-electron chi connectivity index (χ0n) is 17.3. The molecule has 0 radical (unpaired) electrons. The average molecular weight is 424 g/mol. The Hall–Kier alpha value is -3.82. The Kier molecular flexibility index (Phi) is 6.91. The topological polar surface area (TPSA) is 133 Å². The molecule has 0 bridgehead atoms. The van der Waals surface area contributed by atoms with E-state index in [1.54, 1.807) is 24.5 Å². The first kappa shape index (κ1) is 21.9. The molecule has 1 atom stereocenters. The highest BCUT2D eigenvalue weighted by Crippen LogP contribution is 2.29. The van der Waals surface area contributed by atoms with Crippen molar-refractivity contribution in [1.82, 2.24) is 25.5 Å². The van der Waals surface area contributed by atoms with Crippen LogP contribution in [0.1, 0.15) is 39.9 Å². The fourth-order valence-electron chi connectivity index (χ4n) is 3.44. The molecular formula is C21H24N6O4. The number of amides is 4. The van der Waals surface area contributed by atoms with Crippen molar-refractivity contribution in [1.29, 1.82) is 0 Å². The minimum atomic E-state index is -0.738. The van der Waals surface area contributed by atoms with Crippen molar-refractivity contribution in [3.05, 3.63) is 52.8 Å². The fraction of sp³-hybridized carbons (Fsp3) is 0.333. The summed E-state index contributed by atoms with van der Waals surface area (Å²) >= 11 is 0. The first-order valence-electron chi connectivity index (χ1n) is 9.85. The van der Waals surface area contributed by atoms with Gasteiger partial charge in [-0.25, -0.2) is 14.8 Å². The molecule has 2 aromatic rings. The standard InChI is InChI=1S/C21H24N6O4/c1-13-9-23-20(24-10-13)26-21(31)25-11-14-5-3-6-15-16(14)12-27(19(15)30)17(7-4-8-28)18(29)22-2/h3,5-6,8-10,17H,4,7,11-12H2,1-2H3,(H,22,29)(H2,23,24,25,26,31). The van der Waals surface area contributed by atoms with Gasteiger partial charge in [-0.2, -0.15) is 0 Å². The van der Waals surface area contributed by atoms with E-state index in [2.05, 4.69) is 25.9 Å². The molecule has 1 aliphatic rings. The van der Waals surface area contributed by atoms with Gasteiger partial charge in [-0.1, -0.05) is 12.1 Å². The lowest BCUT2D eigenvalue weighted by molar-refractivity contribution is -0.125. The second kappa shape index (κ2) is 9.79. The number of hydrogen-bond acceptors (Lipinski definition) is 6. The maximum absolute atomic E-state index is 12.9. The molecule has 31 heavy (non-hydrogen) atoms. The molecule has 10 nitrogen and oxygen atoms in total. The van der Waals surface area contributed by atoms with E-state index in [-0.39, 0.29) is 43.7 Å². The van der Waals surface area contributed by atoms with E-state index < -0.39 is 12.1 Å². The highest BCUT2D eigenvalue weighted by Gasteiger charge is 2.36. The van der Waals surface area contributed by atoms with E-state index in [0.29, 0.717) is 5.56 Å². The number of likely N-dealkylation sites (N-methyl/N-ethyl adjacent to an activating group) is 1. The number of aldehydes is 1. The van der Waals surface area contributed by atoms with E-state index in [4.69, 9.17) is 0 Å². The van der Waals surface area contributed by atoms with Gasteiger partial charge >= 0.3 is 6.03 Å². The molecule has 0 saturated carbocycles. The SMILES string of the molecule is CNC(=O)C(CCC=O)N1Cc2c(CNC(=O)Nc3ncc(C)cn3)cccc2C1=O. The normalized spacial score (nSPS) is 13.4. The molecule has 0 saturated heterocycles. The number of fused-ring (bicyclic) bond motifs is 1. The molecule has 3 N–H and O–H groups in total. The number of urea groups is 1. The highest BCUT2D eigenvalue weighted by molar-refractivity contribution is 6.01. The number of nitrogens with zero attached hydrogens (tertiary/aromatic N) is 3. The molecule has 2 heterocycles. The Morgan fingerprint density at radius 3 is 2.68 bits per heavy atom. The summed E-state index contributed by atoms with van der Waals surface area (Å²) in [6, 6.07) is 4.04. The van der Waals surface area contributed by atoms with Crippen LogP contribution in [0.15, 0.2) is 30.6 Å². The summed E-state index contributed by atoms with van der Waals surface area (Å²) in [5.41, 5.74) is 2.88. The van der Waals surface area contributed by atoms with Crippen LogP contribution < -0.4 is 16.0 Å². The molecule has 10 heteroatoms. The van der Waals surface area contributed by atoms with Crippen LogP contribution in [0.25, 0.3) is 0 Å². The number of hydrogen-bond donors (Lipinski definition) is 3. The maximum atomic E-state index is 12.9. The van der Waals surface area contributed by atoms with E-state index in [9.17, 15) is 19.2 Å². The first-order chi connectivity index (χ1) is 14.9. The molecule has 4 amide bonds. The third-order valence-corrected chi connectivity index (χ3v) is 5.02. The first-order valence-corrected chi connectivity index (χ1v) is 9.85.